The predicted octanol–water partition coefficient (Wildman–Crippen LogP) is 0.116. The number of nitrogens with two attached hydrogens (primary N) is 1. The minimum atomic E-state index is -0.151. The Morgan fingerprint density at radius 2 is 2.21 bits per heavy atom. The van der Waals surface area contributed by atoms with Crippen LogP contribution in [-0.2, 0) is 4.74 Å². The van der Waals surface area contributed by atoms with Gasteiger partial charge in [-0.3, -0.25) is 9.69 Å². The monoisotopic (exact) mass is 264 g/mol. The summed E-state index contributed by atoms with van der Waals surface area (Å²) in [4.78, 5) is 18.1. The molecule has 2 rings (SSSR count). The van der Waals surface area contributed by atoms with E-state index in [4.69, 9.17) is 10.5 Å². The molecule has 0 bridgehead atoms. The molecule has 1 aromatic heterocycles. The van der Waals surface area contributed by atoms with Gasteiger partial charge in [0.25, 0.3) is 5.91 Å². The van der Waals surface area contributed by atoms with Crippen molar-refractivity contribution in [2.75, 3.05) is 45.1 Å². The molecular weight excluding hydrogens is 244 g/mol. The maximum atomic E-state index is 11.8. The molecule has 3 N–H and O–H groups in total. The van der Waals surface area contributed by atoms with Crippen LogP contribution >= 0.6 is 0 Å². The second-order valence-electron chi connectivity index (χ2n) is 4.54. The number of hydrogen-bond donors (Lipinski definition) is 2. The van der Waals surface area contributed by atoms with Gasteiger partial charge < -0.3 is 15.8 Å². The van der Waals surface area contributed by atoms with Gasteiger partial charge in [-0.1, -0.05) is 0 Å². The molecule has 104 valence electrons. The Bertz CT molecular complexity index is 402. The van der Waals surface area contributed by atoms with E-state index in [0.717, 1.165) is 39.3 Å². The number of amides is 1. The van der Waals surface area contributed by atoms with Crippen LogP contribution in [0.1, 0.15) is 16.9 Å². The van der Waals surface area contributed by atoms with Crippen molar-refractivity contribution in [2.24, 2.45) is 0 Å². The number of carbonyl (C=O) groups excluding carboxylic acids is 1. The first-order valence-electron chi connectivity index (χ1n) is 6.55. The standard InChI is InChI=1S/C13H20N4O2/c14-11-2-3-12(16-10-11)13(18)15-4-1-5-17-6-8-19-9-7-17/h2-3,10H,1,4-9,14H2,(H,15,18). The minimum absolute atomic E-state index is 0.151. The summed E-state index contributed by atoms with van der Waals surface area (Å²) in [7, 11) is 0. The highest BCUT2D eigenvalue weighted by Crippen LogP contribution is 2.01. The van der Waals surface area contributed by atoms with E-state index < -0.39 is 0 Å². The minimum Gasteiger partial charge on any atom is -0.397 e. The third kappa shape index (κ3) is 4.50. The molecule has 0 saturated carbocycles. The van der Waals surface area contributed by atoms with Gasteiger partial charge in [-0.15, -0.1) is 0 Å². The summed E-state index contributed by atoms with van der Waals surface area (Å²) in [5.74, 6) is -0.151. The Morgan fingerprint density at radius 3 is 2.89 bits per heavy atom. The number of carbonyl (C=O) groups is 1. The van der Waals surface area contributed by atoms with E-state index in [1.54, 1.807) is 12.1 Å². The smallest absolute Gasteiger partial charge is 0.269 e. The van der Waals surface area contributed by atoms with Crippen molar-refractivity contribution in [3.8, 4) is 0 Å². The number of nitrogen functional groups attached to an aromatic ring is 1. The fourth-order valence-corrected chi connectivity index (χ4v) is 1.96. The van der Waals surface area contributed by atoms with E-state index in [9.17, 15) is 4.79 Å². The van der Waals surface area contributed by atoms with E-state index in [2.05, 4.69) is 15.2 Å². The van der Waals surface area contributed by atoms with Crippen LogP contribution in [-0.4, -0.2) is 55.2 Å². The molecule has 0 atom stereocenters. The van der Waals surface area contributed by atoms with E-state index in [-0.39, 0.29) is 5.91 Å². The lowest BCUT2D eigenvalue weighted by Crippen LogP contribution is -2.38. The molecule has 0 radical (unpaired) electrons. The van der Waals surface area contributed by atoms with Crippen LogP contribution in [0.4, 0.5) is 5.69 Å². The molecule has 1 amide bonds. The zero-order valence-corrected chi connectivity index (χ0v) is 11.0. The second kappa shape index (κ2) is 7.06. The van der Waals surface area contributed by atoms with Gasteiger partial charge in [0, 0.05) is 19.6 Å². The first-order chi connectivity index (χ1) is 9.25. The van der Waals surface area contributed by atoms with Crippen molar-refractivity contribution in [1.29, 1.82) is 0 Å². The van der Waals surface area contributed by atoms with Crippen LogP contribution in [0.2, 0.25) is 0 Å². The van der Waals surface area contributed by atoms with Gasteiger partial charge in [0.2, 0.25) is 0 Å². The van der Waals surface area contributed by atoms with Gasteiger partial charge in [-0.25, -0.2) is 4.98 Å². The summed E-state index contributed by atoms with van der Waals surface area (Å²) in [6, 6.07) is 3.31. The Labute approximate surface area is 112 Å². The molecule has 1 aliphatic heterocycles. The maximum Gasteiger partial charge on any atom is 0.269 e. The largest absolute Gasteiger partial charge is 0.397 e. The number of ether oxygens (including phenoxy) is 1. The zero-order valence-electron chi connectivity index (χ0n) is 11.0. The molecule has 2 heterocycles. The lowest BCUT2D eigenvalue weighted by molar-refractivity contribution is 0.0374. The number of morpholine rings is 1. The lowest BCUT2D eigenvalue weighted by Gasteiger charge is -2.26. The van der Waals surface area contributed by atoms with Crippen LogP contribution in [0, 0.1) is 0 Å². The van der Waals surface area contributed by atoms with E-state index in [0.29, 0.717) is 17.9 Å². The molecule has 1 aliphatic rings. The van der Waals surface area contributed by atoms with Crippen molar-refractivity contribution in [2.45, 2.75) is 6.42 Å². The van der Waals surface area contributed by atoms with Gasteiger partial charge in [0.05, 0.1) is 25.1 Å². The van der Waals surface area contributed by atoms with Gasteiger partial charge >= 0.3 is 0 Å². The number of aromatic nitrogens is 1. The van der Waals surface area contributed by atoms with Gasteiger partial charge in [0.1, 0.15) is 5.69 Å². The molecule has 6 nitrogen and oxygen atoms in total. The second-order valence-corrected chi connectivity index (χ2v) is 4.54. The number of hydrogen-bond acceptors (Lipinski definition) is 5. The number of rotatable bonds is 5. The molecule has 1 saturated heterocycles. The van der Waals surface area contributed by atoms with Crippen LogP contribution in [0.25, 0.3) is 0 Å². The average molecular weight is 264 g/mol. The van der Waals surface area contributed by atoms with E-state index >= 15 is 0 Å². The van der Waals surface area contributed by atoms with Crippen molar-refractivity contribution in [3.05, 3.63) is 24.0 Å². The van der Waals surface area contributed by atoms with Gasteiger partial charge in [-0.2, -0.15) is 0 Å². The molecule has 0 spiro atoms. The van der Waals surface area contributed by atoms with Gasteiger partial charge in [0.15, 0.2) is 0 Å². The average Bonchev–Trinajstić information content (AvgIpc) is 2.45. The molecule has 19 heavy (non-hydrogen) atoms. The Balaban J connectivity index is 1.64. The fraction of sp³-hybridized carbons (Fsp3) is 0.538. The normalized spacial score (nSPS) is 16.2. The predicted molar refractivity (Wildman–Crippen MR) is 72.9 cm³/mol. The topological polar surface area (TPSA) is 80.5 Å². The van der Waals surface area contributed by atoms with Crippen LogP contribution in [0.3, 0.4) is 0 Å². The number of nitrogens with one attached hydrogen (secondary N) is 1. The Hall–Kier alpha value is -1.66. The summed E-state index contributed by atoms with van der Waals surface area (Å²) in [5.41, 5.74) is 6.48. The molecule has 0 unspecified atom stereocenters. The molecule has 1 fully saturated rings. The first-order valence-corrected chi connectivity index (χ1v) is 6.55. The Morgan fingerprint density at radius 1 is 1.42 bits per heavy atom. The number of nitrogens with zero attached hydrogens (tertiary/aromatic N) is 2. The first kappa shape index (κ1) is 13.8. The molecule has 0 aromatic carbocycles. The highest BCUT2D eigenvalue weighted by atomic mass is 16.5. The third-order valence-electron chi connectivity index (χ3n) is 3.06. The highest BCUT2D eigenvalue weighted by Gasteiger charge is 2.10. The quantitative estimate of drug-likeness (QED) is 0.738. The van der Waals surface area contributed by atoms with E-state index in [1.165, 1.54) is 6.20 Å². The van der Waals surface area contributed by atoms with Gasteiger partial charge in [-0.05, 0) is 25.1 Å². The lowest BCUT2D eigenvalue weighted by atomic mass is 10.3. The fourth-order valence-electron chi connectivity index (χ4n) is 1.96. The van der Waals surface area contributed by atoms with Crippen LogP contribution in [0.5, 0.6) is 0 Å². The molecule has 0 aliphatic carbocycles. The molecule has 6 heteroatoms. The Kier molecular flexibility index (Phi) is 5.11. The number of pyridine rings is 1. The summed E-state index contributed by atoms with van der Waals surface area (Å²) in [6.45, 7) is 5.21. The summed E-state index contributed by atoms with van der Waals surface area (Å²) in [6.07, 6.45) is 2.42. The number of anilines is 1. The third-order valence-corrected chi connectivity index (χ3v) is 3.06. The summed E-state index contributed by atoms with van der Waals surface area (Å²) < 4.78 is 5.28. The van der Waals surface area contributed by atoms with Crippen molar-refractivity contribution in [3.63, 3.8) is 0 Å². The van der Waals surface area contributed by atoms with Crippen molar-refractivity contribution in [1.82, 2.24) is 15.2 Å². The van der Waals surface area contributed by atoms with Crippen molar-refractivity contribution >= 4 is 11.6 Å². The maximum absolute atomic E-state index is 11.8. The van der Waals surface area contributed by atoms with Crippen LogP contribution in [0.15, 0.2) is 18.3 Å². The van der Waals surface area contributed by atoms with Crippen LogP contribution < -0.4 is 11.1 Å². The highest BCUT2D eigenvalue weighted by molar-refractivity contribution is 5.92. The summed E-state index contributed by atoms with van der Waals surface area (Å²) in [5, 5.41) is 2.86. The van der Waals surface area contributed by atoms with Crippen molar-refractivity contribution < 1.29 is 9.53 Å². The zero-order chi connectivity index (χ0) is 13.5. The van der Waals surface area contributed by atoms with E-state index in [1.807, 2.05) is 0 Å². The summed E-state index contributed by atoms with van der Waals surface area (Å²) >= 11 is 0. The molecule has 1 aromatic rings. The molecular formula is C13H20N4O2. The SMILES string of the molecule is Nc1ccc(C(=O)NCCCN2CCOCC2)nc1.